The Hall–Kier alpha value is -2.95. The van der Waals surface area contributed by atoms with Crippen LogP contribution in [0.4, 0.5) is 23.1 Å². The number of aromatic nitrogens is 3. The molecule has 126 valence electrons. The van der Waals surface area contributed by atoms with E-state index >= 15 is 0 Å². The number of aryl methyl sites for hydroxylation is 1. The number of hydrogen-bond acceptors (Lipinski definition) is 5. The summed E-state index contributed by atoms with van der Waals surface area (Å²) in [5.41, 5.74) is 4.81. The predicted molar refractivity (Wildman–Crippen MR) is 101 cm³/mol. The maximum Gasteiger partial charge on any atom is 0.249 e. The van der Waals surface area contributed by atoms with Crippen molar-refractivity contribution in [2.24, 2.45) is 0 Å². The molecule has 5 heteroatoms. The van der Waals surface area contributed by atoms with E-state index in [2.05, 4.69) is 64.6 Å². The quantitative estimate of drug-likeness (QED) is 0.774. The molecule has 0 saturated heterocycles. The third-order valence-corrected chi connectivity index (χ3v) is 4.64. The Bertz CT molecular complexity index is 893. The van der Waals surface area contributed by atoms with Crippen LogP contribution in [0.1, 0.15) is 25.0 Å². The van der Waals surface area contributed by atoms with Crippen molar-refractivity contribution in [3.05, 3.63) is 65.9 Å². The van der Waals surface area contributed by atoms with Gasteiger partial charge in [-0.05, 0) is 43.0 Å². The highest BCUT2D eigenvalue weighted by molar-refractivity contribution is 5.69. The molecule has 0 saturated carbocycles. The molecule has 2 aromatic carbocycles. The minimum Gasteiger partial charge on any atom is -0.323 e. The number of nitrogens with one attached hydrogen (secondary N) is 1. The monoisotopic (exact) mass is 331 g/mol. The molecule has 0 amide bonds. The lowest BCUT2D eigenvalue weighted by molar-refractivity contribution is 0.745. The van der Waals surface area contributed by atoms with E-state index in [4.69, 9.17) is 4.98 Å². The first kappa shape index (κ1) is 15.6. The molecule has 1 aliphatic heterocycles. The van der Waals surface area contributed by atoms with Crippen molar-refractivity contribution in [1.82, 2.24) is 15.2 Å². The Morgan fingerprint density at radius 3 is 2.80 bits per heavy atom. The van der Waals surface area contributed by atoms with Gasteiger partial charge in [0.2, 0.25) is 5.95 Å². The smallest absolute Gasteiger partial charge is 0.249 e. The number of anilines is 4. The topological polar surface area (TPSA) is 53.9 Å². The maximum atomic E-state index is 4.72. The van der Waals surface area contributed by atoms with E-state index in [1.807, 2.05) is 18.2 Å². The lowest BCUT2D eigenvalue weighted by Crippen LogP contribution is -2.25. The molecule has 0 spiro atoms. The average Bonchev–Trinajstić information content (AvgIpc) is 2.98. The fourth-order valence-electron chi connectivity index (χ4n) is 3.45. The van der Waals surface area contributed by atoms with Gasteiger partial charge in [-0.2, -0.15) is 10.1 Å². The first-order valence-corrected chi connectivity index (χ1v) is 8.68. The minimum atomic E-state index is 0.352. The molecule has 1 aromatic heterocycles. The first-order valence-electron chi connectivity index (χ1n) is 8.68. The molecule has 0 aliphatic carbocycles. The van der Waals surface area contributed by atoms with Crippen molar-refractivity contribution in [2.75, 3.05) is 10.2 Å². The van der Waals surface area contributed by atoms with Gasteiger partial charge in [0.15, 0.2) is 5.82 Å². The third-order valence-electron chi connectivity index (χ3n) is 4.64. The van der Waals surface area contributed by atoms with Gasteiger partial charge in [0.25, 0.3) is 0 Å². The van der Waals surface area contributed by atoms with Crippen molar-refractivity contribution >= 4 is 23.1 Å². The van der Waals surface area contributed by atoms with Gasteiger partial charge in [0, 0.05) is 17.4 Å². The van der Waals surface area contributed by atoms with Crippen molar-refractivity contribution in [1.29, 1.82) is 0 Å². The molecule has 4 rings (SSSR count). The van der Waals surface area contributed by atoms with Crippen molar-refractivity contribution in [2.45, 2.75) is 32.7 Å². The highest BCUT2D eigenvalue weighted by atomic mass is 15.3. The van der Waals surface area contributed by atoms with Crippen LogP contribution in [0.25, 0.3) is 0 Å². The number of para-hydroxylation sites is 2. The number of fused-ring (bicyclic) bond motifs is 1. The number of hydrogen-bond donors (Lipinski definition) is 1. The van der Waals surface area contributed by atoms with Gasteiger partial charge in [0.1, 0.15) is 0 Å². The molecule has 0 bridgehead atoms. The van der Waals surface area contributed by atoms with Crippen LogP contribution in [-0.4, -0.2) is 21.2 Å². The zero-order chi connectivity index (χ0) is 17.2. The fourth-order valence-corrected chi connectivity index (χ4v) is 3.45. The van der Waals surface area contributed by atoms with Gasteiger partial charge >= 0.3 is 0 Å². The summed E-state index contributed by atoms with van der Waals surface area (Å²) in [6.07, 6.45) is 3.70. The van der Waals surface area contributed by atoms with Crippen molar-refractivity contribution in [3.8, 4) is 0 Å². The van der Waals surface area contributed by atoms with E-state index in [-0.39, 0.29) is 0 Å². The SMILES string of the molecule is CCc1ccccc1Nc1nncc(N2c3ccccc3CC2C)n1. The van der Waals surface area contributed by atoms with Gasteiger partial charge in [-0.1, -0.05) is 43.3 Å². The van der Waals surface area contributed by atoms with E-state index in [0.29, 0.717) is 12.0 Å². The molecule has 2 heterocycles. The summed E-state index contributed by atoms with van der Waals surface area (Å²) in [7, 11) is 0. The van der Waals surface area contributed by atoms with Crippen LogP contribution in [0, 0.1) is 0 Å². The zero-order valence-electron chi connectivity index (χ0n) is 14.5. The van der Waals surface area contributed by atoms with Gasteiger partial charge in [0.05, 0.1) is 6.20 Å². The standard InChI is InChI=1S/C20H21N5/c1-3-15-8-4-6-10-17(15)22-20-23-19(13-21-24-20)25-14(2)12-16-9-5-7-11-18(16)25/h4-11,13-14H,3,12H2,1-2H3,(H,22,23,24). The summed E-state index contributed by atoms with van der Waals surface area (Å²) < 4.78 is 0. The van der Waals surface area contributed by atoms with Crippen LogP contribution in [-0.2, 0) is 12.8 Å². The van der Waals surface area contributed by atoms with Crippen LogP contribution >= 0.6 is 0 Å². The van der Waals surface area contributed by atoms with Gasteiger partial charge < -0.3 is 10.2 Å². The van der Waals surface area contributed by atoms with E-state index in [1.54, 1.807) is 6.20 Å². The largest absolute Gasteiger partial charge is 0.323 e. The Labute approximate surface area is 147 Å². The van der Waals surface area contributed by atoms with Crippen LogP contribution < -0.4 is 10.2 Å². The van der Waals surface area contributed by atoms with Gasteiger partial charge in [-0.25, -0.2) is 0 Å². The molecule has 5 nitrogen and oxygen atoms in total. The van der Waals surface area contributed by atoms with E-state index in [1.165, 1.54) is 16.8 Å². The van der Waals surface area contributed by atoms with Gasteiger partial charge in [-0.15, -0.1) is 5.10 Å². The molecule has 1 N–H and O–H groups in total. The van der Waals surface area contributed by atoms with E-state index in [9.17, 15) is 0 Å². The Kier molecular flexibility index (Phi) is 4.06. The van der Waals surface area contributed by atoms with Gasteiger partial charge in [-0.3, -0.25) is 0 Å². The Morgan fingerprint density at radius 2 is 1.92 bits per heavy atom. The molecule has 0 fully saturated rings. The summed E-state index contributed by atoms with van der Waals surface area (Å²) in [5.74, 6) is 1.35. The number of rotatable bonds is 4. The van der Waals surface area contributed by atoms with Crippen LogP contribution in [0.2, 0.25) is 0 Å². The molecule has 25 heavy (non-hydrogen) atoms. The molecule has 3 aromatic rings. The summed E-state index contributed by atoms with van der Waals surface area (Å²) in [6, 6.07) is 17.0. The second kappa shape index (κ2) is 6.51. The zero-order valence-corrected chi connectivity index (χ0v) is 14.5. The predicted octanol–water partition coefficient (Wildman–Crippen LogP) is 4.26. The molecule has 1 atom stereocenters. The minimum absolute atomic E-state index is 0.352. The van der Waals surface area contributed by atoms with E-state index < -0.39 is 0 Å². The number of nitrogens with zero attached hydrogens (tertiary/aromatic N) is 4. The lowest BCUT2D eigenvalue weighted by atomic mass is 10.1. The second-order valence-electron chi connectivity index (χ2n) is 6.33. The Morgan fingerprint density at radius 1 is 1.12 bits per heavy atom. The van der Waals surface area contributed by atoms with Crippen LogP contribution in [0.3, 0.4) is 0 Å². The summed E-state index contributed by atoms with van der Waals surface area (Å²) in [6.45, 7) is 4.35. The molecule has 1 unspecified atom stereocenters. The fraction of sp³-hybridized carbons (Fsp3) is 0.250. The summed E-state index contributed by atoms with van der Waals surface area (Å²) in [5, 5.41) is 11.6. The third kappa shape index (κ3) is 2.93. The van der Waals surface area contributed by atoms with Crippen LogP contribution in [0.15, 0.2) is 54.7 Å². The summed E-state index contributed by atoms with van der Waals surface area (Å²) >= 11 is 0. The van der Waals surface area contributed by atoms with E-state index in [0.717, 1.165) is 24.3 Å². The normalized spacial score (nSPS) is 15.9. The lowest BCUT2D eigenvalue weighted by Gasteiger charge is -2.23. The van der Waals surface area contributed by atoms with Crippen molar-refractivity contribution in [3.63, 3.8) is 0 Å². The first-order chi connectivity index (χ1) is 12.3. The van der Waals surface area contributed by atoms with Crippen molar-refractivity contribution < 1.29 is 0 Å². The van der Waals surface area contributed by atoms with Crippen LogP contribution in [0.5, 0.6) is 0 Å². The molecular formula is C20H21N5. The molecule has 0 radical (unpaired) electrons. The Balaban J connectivity index is 1.66. The maximum absolute atomic E-state index is 4.72. The second-order valence-corrected chi connectivity index (χ2v) is 6.33. The number of benzene rings is 2. The molecular weight excluding hydrogens is 310 g/mol. The highest BCUT2D eigenvalue weighted by Crippen LogP contribution is 2.37. The highest BCUT2D eigenvalue weighted by Gasteiger charge is 2.28. The average molecular weight is 331 g/mol. The molecule has 1 aliphatic rings. The summed E-state index contributed by atoms with van der Waals surface area (Å²) in [4.78, 5) is 6.95.